The van der Waals surface area contributed by atoms with Gasteiger partial charge in [-0.05, 0) is 38.1 Å². The normalized spacial score (nSPS) is 10.9. The molecule has 0 saturated carbocycles. The van der Waals surface area contributed by atoms with Crippen LogP contribution >= 0.6 is 11.6 Å². The van der Waals surface area contributed by atoms with Crippen LogP contribution in [0.1, 0.15) is 17.5 Å². The van der Waals surface area contributed by atoms with Gasteiger partial charge >= 0.3 is 0 Å². The fraction of sp³-hybridized carbons (Fsp3) is 0.294. The Bertz CT molecular complexity index is 456. The van der Waals surface area contributed by atoms with Crippen molar-refractivity contribution < 1.29 is 0 Å². The summed E-state index contributed by atoms with van der Waals surface area (Å²) >= 11 is 5.88. The lowest BCUT2D eigenvalue weighted by molar-refractivity contribution is 1.10. The molecule has 0 aliphatic heterocycles. The molecule has 0 aliphatic rings. The van der Waals surface area contributed by atoms with Crippen LogP contribution in [0.15, 0.2) is 58.3 Å². The minimum absolute atomic E-state index is 0.148. The highest BCUT2D eigenvalue weighted by molar-refractivity contribution is 7.97. The second-order valence-electron chi connectivity index (χ2n) is 4.76. The summed E-state index contributed by atoms with van der Waals surface area (Å²) in [5, 5.41) is 0. The zero-order valence-electron chi connectivity index (χ0n) is 11.5. The molecule has 0 N–H and O–H groups in total. The molecule has 0 nitrogen and oxygen atoms in total. The molecule has 0 aliphatic carbocycles. The van der Waals surface area contributed by atoms with Crippen LogP contribution in [0.4, 0.5) is 0 Å². The van der Waals surface area contributed by atoms with Gasteiger partial charge in [0.1, 0.15) is 5.75 Å². The van der Waals surface area contributed by atoms with Crippen LogP contribution in [0.5, 0.6) is 0 Å². The van der Waals surface area contributed by atoms with E-state index >= 15 is 0 Å². The summed E-state index contributed by atoms with van der Waals surface area (Å²) < 4.78 is 0. The molecule has 0 radical (unpaired) electrons. The molecule has 2 rings (SSSR count). The molecular weight excluding hydrogens is 272 g/mol. The number of rotatable bonds is 5. The first-order valence-electron chi connectivity index (χ1n) is 6.61. The second-order valence-corrected chi connectivity index (χ2v) is 7.27. The van der Waals surface area contributed by atoms with Crippen LogP contribution < -0.4 is 0 Å². The van der Waals surface area contributed by atoms with Crippen LogP contribution in [0.3, 0.4) is 0 Å². The highest BCUT2D eigenvalue weighted by Gasteiger charge is 2.24. The Morgan fingerprint density at radius 2 is 1.21 bits per heavy atom. The van der Waals surface area contributed by atoms with Gasteiger partial charge in [0.15, 0.2) is 9.79 Å². The third-order valence-electron chi connectivity index (χ3n) is 3.09. The summed E-state index contributed by atoms with van der Waals surface area (Å²) in [6, 6.07) is 17.8. The van der Waals surface area contributed by atoms with Crippen LogP contribution in [0.25, 0.3) is 0 Å². The molecule has 2 aromatic carbocycles. The van der Waals surface area contributed by atoms with Crippen molar-refractivity contribution in [1.82, 2.24) is 0 Å². The van der Waals surface area contributed by atoms with E-state index in [0.29, 0.717) is 0 Å². The summed E-state index contributed by atoms with van der Waals surface area (Å²) in [6.07, 6.45) is 1.06. The average molecular weight is 292 g/mol. The first-order valence-corrected chi connectivity index (χ1v) is 8.54. The smallest absolute Gasteiger partial charge is 0.127 e. The average Bonchev–Trinajstić information content (AvgIpc) is 2.43. The van der Waals surface area contributed by atoms with E-state index in [1.807, 2.05) is 0 Å². The van der Waals surface area contributed by atoms with Crippen LogP contribution in [-0.2, 0) is 10.9 Å². The van der Waals surface area contributed by atoms with E-state index < -0.39 is 0 Å². The Morgan fingerprint density at radius 3 is 1.58 bits per heavy atom. The molecule has 2 heteroatoms. The van der Waals surface area contributed by atoms with E-state index in [1.54, 1.807) is 0 Å². The van der Waals surface area contributed by atoms with E-state index in [2.05, 4.69) is 62.4 Å². The van der Waals surface area contributed by atoms with Gasteiger partial charge in [-0.2, -0.15) is 0 Å². The van der Waals surface area contributed by atoms with Crippen molar-refractivity contribution in [2.75, 3.05) is 11.6 Å². The standard InChI is InChI=1S/C17H20ClS/c1-14-4-8-16(9-5-14)19(13-3-12-18)17-10-6-15(2)7-11-17/h4-11H,3,12-13H2,1-2H3/q+1. The maximum atomic E-state index is 5.88. The lowest BCUT2D eigenvalue weighted by atomic mass is 10.2. The van der Waals surface area contributed by atoms with Crippen molar-refractivity contribution in [3.05, 3.63) is 59.7 Å². The molecule has 2 aromatic rings. The molecule has 0 heterocycles. The van der Waals surface area contributed by atoms with E-state index in [9.17, 15) is 0 Å². The third-order valence-corrected chi connectivity index (χ3v) is 5.74. The van der Waals surface area contributed by atoms with Crippen LogP contribution in [-0.4, -0.2) is 11.6 Å². The molecular formula is C17H20ClS+. The predicted octanol–water partition coefficient (Wildman–Crippen LogP) is 4.97. The molecule has 0 amide bonds. The van der Waals surface area contributed by atoms with Crippen LogP contribution in [0.2, 0.25) is 0 Å². The maximum absolute atomic E-state index is 5.88. The lowest BCUT2D eigenvalue weighted by Crippen LogP contribution is -2.09. The van der Waals surface area contributed by atoms with Gasteiger partial charge in [-0.3, -0.25) is 0 Å². The number of aryl methyl sites for hydroxylation is 2. The zero-order valence-corrected chi connectivity index (χ0v) is 13.1. The van der Waals surface area contributed by atoms with Gasteiger partial charge in [0.05, 0.1) is 10.9 Å². The maximum Gasteiger partial charge on any atom is 0.160 e. The summed E-state index contributed by atoms with van der Waals surface area (Å²) in [5.74, 6) is 1.87. The van der Waals surface area contributed by atoms with Gasteiger partial charge in [0.25, 0.3) is 0 Å². The fourth-order valence-electron chi connectivity index (χ4n) is 1.98. The summed E-state index contributed by atoms with van der Waals surface area (Å²) in [6.45, 7) is 4.26. The third kappa shape index (κ3) is 4.02. The Balaban J connectivity index is 2.29. The van der Waals surface area contributed by atoms with E-state index in [-0.39, 0.29) is 10.9 Å². The Labute approximate surface area is 124 Å². The van der Waals surface area contributed by atoms with Gasteiger partial charge in [-0.1, -0.05) is 35.4 Å². The van der Waals surface area contributed by atoms with Gasteiger partial charge < -0.3 is 0 Å². The molecule has 0 atom stereocenters. The van der Waals surface area contributed by atoms with E-state index in [4.69, 9.17) is 11.6 Å². The molecule has 0 unspecified atom stereocenters. The molecule has 0 spiro atoms. The minimum atomic E-state index is 0.148. The van der Waals surface area contributed by atoms with Crippen molar-refractivity contribution in [3.8, 4) is 0 Å². The number of alkyl halides is 1. The molecule has 0 aromatic heterocycles. The van der Waals surface area contributed by atoms with E-state index in [1.165, 1.54) is 20.9 Å². The van der Waals surface area contributed by atoms with Gasteiger partial charge in [0, 0.05) is 12.3 Å². The van der Waals surface area contributed by atoms with Gasteiger partial charge in [0.2, 0.25) is 0 Å². The largest absolute Gasteiger partial charge is 0.160 e. The Hall–Kier alpha value is -0.920. The minimum Gasteiger partial charge on any atom is -0.127 e. The first kappa shape index (κ1) is 14.5. The van der Waals surface area contributed by atoms with Crippen molar-refractivity contribution in [1.29, 1.82) is 0 Å². The fourth-order valence-corrected chi connectivity index (χ4v) is 4.37. The lowest BCUT2D eigenvalue weighted by Gasteiger charge is -2.08. The highest BCUT2D eigenvalue weighted by Crippen LogP contribution is 2.25. The molecule has 0 bridgehead atoms. The van der Waals surface area contributed by atoms with Gasteiger partial charge in [-0.25, -0.2) is 0 Å². The Morgan fingerprint density at radius 1 is 0.789 bits per heavy atom. The molecule has 100 valence electrons. The van der Waals surface area contributed by atoms with Crippen molar-refractivity contribution in [2.45, 2.75) is 30.1 Å². The molecule has 19 heavy (non-hydrogen) atoms. The second kappa shape index (κ2) is 7.02. The number of hydrogen-bond donors (Lipinski definition) is 0. The monoisotopic (exact) mass is 291 g/mol. The van der Waals surface area contributed by atoms with E-state index in [0.717, 1.165) is 18.1 Å². The van der Waals surface area contributed by atoms with Crippen molar-refractivity contribution in [3.63, 3.8) is 0 Å². The first-order chi connectivity index (χ1) is 9.20. The molecule has 0 fully saturated rings. The van der Waals surface area contributed by atoms with Crippen LogP contribution in [0, 0.1) is 13.8 Å². The quantitative estimate of drug-likeness (QED) is 0.539. The number of hydrogen-bond acceptors (Lipinski definition) is 0. The van der Waals surface area contributed by atoms with Crippen molar-refractivity contribution in [2.24, 2.45) is 0 Å². The highest BCUT2D eigenvalue weighted by atomic mass is 35.5. The summed E-state index contributed by atoms with van der Waals surface area (Å²) in [4.78, 5) is 2.83. The topological polar surface area (TPSA) is 0 Å². The summed E-state index contributed by atoms with van der Waals surface area (Å²) in [5.41, 5.74) is 2.63. The number of halogens is 1. The summed E-state index contributed by atoms with van der Waals surface area (Å²) in [7, 11) is 0.148. The van der Waals surface area contributed by atoms with Crippen molar-refractivity contribution >= 4 is 22.5 Å². The SMILES string of the molecule is Cc1ccc([S+](CCCCl)c2ccc(C)cc2)cc1. The number of benzene rings is 2. The van der Waals surface area contributed by atoms with Gasteiger partial charge in [-0.15, -0.1) is 11.6 Å². The zero-order chi connectivity index (χ0) is 13.7. The Kier molecular flexibility index (Phi) is 5.35. The molecule has 0 saturated heterocycles. The predicted molar refractivity (Wildman–Crippen MR) is 86.5 cm³/mol.